The highest BCUT2D eigenvalue weighted by atomic mass is 16.5. The van der Waals surface area contributed by atoms with E-state index in [0.717, 1.165) is 12.3 Å². The quantitative estimate of drug-likeness (QED) is 0.655. The predicted octanol–water partition coefficient (Wildman–Crippen LogP) is 2.94. The second-order valence-electron chi connectivity index (χ2n) is 8.04. The summed E-state index contributed by atoms with van der Waals surface area (Å²) in [6.07, 6.45) is 2.53. The van der Waals surface area contributed by atoms with Crippen LogP contribution in [0.2, 0.25) is 0 Å². The average molecular weight is 420 g/mol. The van der Waals surface area contributed by atoms with Crippen LogP contribution >= 0.6 is 0 Å². The summed E-state index contributed by atoms with van der Waals surface area (Å²) in [7, 11) is 0. The van der Waals surface area contributed by atoms with Crippen LogP contribution in [0.5, 0.6) is 11.5 Å². The van der Waals surface area contributed by atoms with E-state index >= 15 is 0 Å². The summed E-state index contributed by atoms with van der Waals surface area (Å²) in [6, 6.07) is 14.6. The number of phenolic OH excluding ortho intramolecular Hbond substituents is 1. The SMILES string of the molecule is O=C(c1nnc(-c2ccc(O)cc2)o1)N1CC(Oc2ccc(CN3CCCC3)cc2)C1. The van der Waals surface area contributed by atoms with E-state index in [2.05, 4.69) is 27.2 Å². The van der Waals surface area contributed by atoms with Crippen molar-refractivity contribution in [1.82, 2.24) is 20.0 Å². The number of nitrogens with zero attached hydrogens (tertiary/aromatic N) is 4. The van der Waals surface area contributed by atoms with Crippen molar-refractivity contribution in [3.8, 4) is 23.0 Å². The lowest BCUT2D eigenvalue weighted by Crippen LogP contribution is -2.56. The third-order valence-corrected chi connectivity index (χ3v) is 5.69. The van der Waals surface area contributed by atoms with Gasteiger partial charge >= 0.3 is 11.8 Å². The first-order chi connectivity index (χ1) is 15.1. The van der Waals surface area contributed by atoms with E-state index in [9.17, 15) is 9.90 Å². The van der Waals surface area contributed by atoms with Crippen LogP contribution in [0.3, 0.4) is 0 Å². The number of hydrogen-bond acceptors (Lipinski definition) is 7. The molecular weight excluding hydrogens is 396 g/mol. The minimum absolute atomic E-state index is 0.0483. The third kappa shape index (κ3) is 4.39. The van der Waals surface area contributed by atoms with Gasteiger partial charge in [0.1, 0.15) is 17.6 Å². The molecule has 8 heteroatoms. The topological polar surface area (TPSA) is 91.9 Å². The van der Waals surface area contributed by atoms with Crippen LogP contribution in [0.15, 0.2) is 52.9 Å². The van der Waals surface area contributed by atoms with Crippen molar-refractivity contribution in [1.29, 1.82) is 0 Å². The molecule has 1 amide bonds. The molecule has 0 radical (unpaired) electrons. The number of phenols is 1. The molecule has 5 rings (SSSR count). The molecule has 1 aromatic heterocycles. The Morgan fingerprint density at radius 3 is 2.45 bits per heavy atom. The predicted molar refractivity (Wildman–Crippen MR) is 113 cm³/mol. The molecule has 3 heterocycles. The summed E-state index contributed by atoms with van der Waals surface area (Å²) in [4.78, 5) is 16.7. The van der Waals surface area contributed by atoms with Gasteiger partial charge in [-0.1, -0.05) is 12.1 Å². The number of ether oxygens (including phenoxy) is 1. The molecule has 0 aliphatic carbocycles. The molecule has 0 atom stereocenters. The van der Waals surface area contributed by atoms with Gasteiger partial charge in [0.15, 0.2) is 0 Å². The second-order valence-corrected chi connectivity index (χ2v) is 8.04. The van der Waals surface area contributed by atoms with Crippen molar-refractivity contribution < 1.29 is 19.1 Å². The molecule has 160 valence electrons. The molecule has 0 saturated carbocycles. The summed E-state index contributed by atoms with van der Waals surface area (Å²) in [5, 5.41) is 17.2. The maximum absolute atomic E-state index is 12.6. The zero-order chi connectivity index (χ0) is 21.2. The summed E-state index contributed by atoms with van der Waals surface area (Å²) in [5.41, 5.74) is 1.93. The Morgan fingerprint density at radius 2 is 1.74 bits per heavy atom. The fourth-order valence-corrected chi connectivity index (χ4v) is 3.91. The van der Waals surface area contributed by atoms with Gasteiger partial charge in [0, 0.05) is 12.1 Å². The fourth-order valence-electron chi connectivity index (χ4n) is 3.91. The van der Waals surface area contributed by atoms with E-state index < -0.39 is 0 Å². The van der Waals surface area contributed by atoms with Crippen molar-refractivity contribution in [3.05, 3.63) is 60.0 Å². The van der Waals surface area contributed by atoms with E-state index in [1.54, 1.807) is 17.0 Å². The largest absolute Gasteiger partial charge is 0.508 e. The normalized spacial score (nSPS) is 17.0. The minimum Gasteiger partial charge on any atom is -0.508 e. The highest BCUT2D eigenvalue weighted by Gasteiger charge is 2.35. The molecule has 2 aliphatic heterocycles. The van der Waals surface area contributed by atoms with Crippen LogP contribution in [0.4, 0.5) is 0 Å². The highest BCUT2D eigenvalue weighted by molar-refractivity contribution is 5.90. The molecule has 2 aliphatic rings. The Kier molecular flexibility index (Phi) is 5.30. The number of carbonyl (C=O) groups excluding carboxylic acids is 1. The number of aromatic hydroxyl groups is 1. The zero-order valence-electron chi connectivity index (χ0n) is 17.1. The molecule has 2 fully saturated rings. The van der Waals surface area contributed by atoms with Gasteiger partial charge in [-0.15, -0.1) is 10.2 Å². The van der Waals surface area contributed by atoms with Gasteiger partial charge in [-0.2, -0.15) is 0 Å². The first-order valence-corrected chi connectivity index (χ1v) is 10.5. The van der Waals surface area contributed by atoms with E-state index in [1.807, 2.05) is 12.1 Å². The molecule has 0 spiro atoms. The number of benzene rings is 2. The first kappa shape index (κ1) is 19.6. The molecular formula is C23H24N4O4. The van der Waals surface area contributed by atoms with Crippen LogP contribution in [0.1, 0.15) is 29.1 Å². The summed E-state index contributed by atoms with van der Waals surface area (Å²) in [6.45, 7) is 4.31. The van der Waals surface area contributed by atoms with E-state index in [4.69, 9.17) is 9.15 Å². The molecule has 2 aromatic carbocycles. The van der Waals surface area contributed by atoms with Crippen LogP contribution < -0.4 is 4.74 Å². The van der Waals surface area contributed by atoms with Gasteiger partial charge in [0.25, 0.3) is 0 Å². The second kappa shape index (κ2) is 8.39. The third-order valence-electron chi connectivity index (χ3n) is 5.69. The van der Waals surface area contributed by atoms with Gasteiger partial charge < -0.3 is 19.2 Å². The van der Waals surface area contributed by atoms with Gasteiger partial charge in [0.05, 0.1) is 13.1 Å². The Morgan fingerprint density at radius 1 is 1.03 bits per heavy atom. The van der Waals surface area contributed by atoms with Gasteiger partial charge in [-0.25, -0.2) is 0 Å². The van der Waals surface area contributed by atoms with Crippen molar-refractivity contribution >= 4 is 5.91 Å². The fraction of sp³-hybridized carbons (Fsp3) is 0.348. The van der Waals surface area contributed by atoms with Crippen LogP contribution in [0.25, 0.3) is 11.5 Å². The minimum atomic E-state index is -0.307. The number of aromatic nitrogens is 2. The monoisotopic (exact) mass is 420 g/mol. The van der Waals surface area contributed by atoms with Crippen LogP contribution in [-0.4, -0.2) is 63.3 Å². The lowest BCUT2D eigenvalue weighted by atomic mass is 10.1. The number of likely N-dealkylation sites (tertiary alicyclic amines) is 2. The molecule has 31 heavy (non-hydrogen) atoms. The Balaban J connectivity index is 1.12. The lowest BCUT2D eigenvalue weighted by Gasteiger charge is -2.38. The Hall–Kier alpha value is -3.39. The number of amides is 1. The molecule has 2 saturated heterocycles. The number of carbonyl (C=O) groups is 1. The van der Waals surface area contributed by atoms with Gasteiger partial charge in [-0.05, 0) is 67.9 Å². The number of rotatable bonds is 6. The van der Waals surface area contributed by atoms with Crippen LogP contribution in [-0.2, 0) is 6.54 Å². The molecule has 8 nitrogen and oxygen atoms in total. The summed E-state index contributed by atoms with van der Waals surface area (Å²) < 4.78 is 11.5. The summed E-state index contributed by atoms with van der Waals surface area (Å²) >= 11 is 0. The van der Waals surface area contributed by atoms with Crippen molar-refractivity contribution in [2.24, 2.45) is 0 Å². The molecule has 3 aromatic rings. The lowest BCUT2D eigenvalue weighted by molar-refractivity contribution is 0.0150. The van der Waals surface area contributed by atoms with Crippen molar-refractivity contribution in [2.75, 3.05) is 26.2 Å². The Labute approximate surface area is 180 Å². The highest BCUT2D eigenvalue weighted by Crippen LogP contribution is 2.24. The number of hydrogen-bond donors (Lipinski definition) is 1. The standard InChI is InChI=1S/C23H24N4O4/c28-18-7-5-17(6-8-18)21-24-25-22(31-21)23(29)27-14-20(15-27)30-19-9-3-16(4-10-19)13-26-11-1-2-12-26/h3-10,20,28H,1-2,11-15H2. The maximum atomic E-state index is 12.6. The zero-order valence-corrected chi connectivity index (χ0v) is 17.1. The van der Waals surface area contributed by atoms with E-state index in [-0.39, 0.29) is 29.5 Å². The van der Waals surface area contributed by atoms with Gasteiger partial charge in [-0.3, -0.25) is 9.69 Å². The van der Waals surface area contributed by atoms with Gasteiger partial charge in [0.2, 0.25) is 5.89 Å². The maximum Gasteiger partial charge on any atom is 0.311 e. The Bertz CT molecular complexity index is 1040. The molecule has 0 unspecified atom stereocenters. The van der Waals surface area contributed by atoms with Crippen molar-refractivity contribution in [3.63, 3.8) is 0 Å². The van der Waals surface area contributed by atoms with Crippen molar-refractivity contribution in [2.45, 2.75) is 25.5 Å². The average Bonchev–Trinajstić information content (AvgIpc) is 3.44. The molecule has 0 bridgehead atoms. The smallest absolute Gasteiger partial charge is 0.311 e. The van der Waals surface area contributed by atoms with E-state index in [0.29, 0.717) is 18.7 Å². The first-order valence-electron chi connectivity index (χ1n) is 10.5. The van der Waals surface area contributed by atoms with E-state index in [1.165, 1.54) is 43.6 Å². The molecule has 1 N–H and O–H groups in total. The summed E-state index contributed by atoms with van der Waals surface area (Å²) in [5.74, 6) is 0.846. The van der Waals surface area contributed by atoms with Crippen LogP contribution in [0, 0.1) is 0 Å².